The second-order valence-corrected chi connectivity index (χ2v) is 4.55. The highest BCUT2D eigenvalue weighted by Gasteiger charge is 2.16. The van der Waals surface area contributed by atoms with Crippen molar-refractivity contribution in [2.75, 3.05) is 13.2 Å². The molecule has 0 aromatic rings. The Bertz CT molecular complexity index is 292. The lowest BCUT2D eigenvalue weighted by Gasteiger charge is -2.20. The maximum Gasteiger partial charge on any atom is 0.508 e. The van der Waals surface area contributed by atoms with Crippen LogP contribution in [0.3, 0.4) is 0 Å². The zero-order valence-electron chi connectivity index (χ0n) is 11.6. The Hall–Kier alpha value is -1.29. The molecule has 0 aliphatic carbocycles. The van der Waals surface area contributed by atoms with Crippen molar-refractivity contribution in [1.29, 1.82) is 0 Å². The Balaban J connectivity index is 3.90. The second kappa shape index (κ2) is 8.75. The summed E-state index contributed by atoms with van der Waals surface area (Å²) in [5.74, 6) is 0. The van der Waals surface area contributed by atoms with Crippen molar-refractivity contribution in [2.45, 2.75) is 45.6 Å². The zero-order valence-corrected chi connectivity index (χ0v) is 11.6. The third kappa shape index (κ3) is 8.82. The lowest BCUT2D eigenvalue weighted by atomic mass is 9.96. The molecule has 18 heavy (non-hydrogen) atoms. The maximum atomic E-state index is 10.9. The second-order valence-electron chi connectivity index (χ2n) is 4.55. The summed E-state index contributed by atoms with van der Waals surface area (Å²) in [6.07, 6.45) is 4.97. The van der Waals surface area contributed by atoms with Gasteiger partial charge >= 0.3 is 6.16 Å². The van der Waals surface area contributed by atoms with E-state index in [9.17, 15) is 9.90 Å². The van der Waals surface area contributed by atoms with Crippen LogP contribution in [0.1, 0.15) is 40.0 Å². The SMILES string of the molecule is C=CCC(C)(O)CC/C=C(\C)COC(=O)OCC. The third-order valence-corrected chi connectivity index (χ3v) is 2.44. The van der Waals surface area contributed by atoms with Gasteiger partial charge in [-0.2, -0.15) is 0 Å². The Labute approximate surface area is 109 Å². The molecule has 4 nitrogen and oxygen atoms in total. The van der Waals surface area contributed by atoms with Gasteiger partial charge in [0.2, 0.25) is 0 Å². The van der Waals surface area contributed by atoms with Crippen LogP contribution >= 0.6 is 0 Å². The quantitative estimate of drug-likeness (QED) is 0.535. The van der Waals surface area contributed by atoms with Crippen molar-refractivity contribution in [3.8, 4) is 0 Å². The van der Waals surface area contributed by atoms with Crippen molar-refractivity contribution < 1.29 is 19.4 Å². The molecule has 0 fully saturated rings. The van der Waals surface area contributed by atoms with E-state index in [1.165, 1.54) is 0 Å². The van der Waals surface area contributed by atoms with Gasteiger partial charge in [0, 0.05) is 0 Å². The maximum absolute atomic E-state index is 10.9. The first-order valence-electron chi connectivity index (χ1n) is 6.19. The zero-order chi connectivity index (χ0) is 14.0. The topological polar surface area (TPSA) is 55.8 Å². The molecule has 0 aliphatic heterocycles. The van der Waals surface area contributed by atoms with E-state index in [1.807, 2.05) is 13.0 Å². The summed E-state index contributed by atoms with van der Waals surface area (Å²) in [6, 6.07) is 0. The molecule has 0 amide bonds. The Morgan fingerprint density at radius 3 is 2.67 bits per heavy atom. The van der Waals surface area contributed by atoms with E-state index in [2.05, 4.69) is 11.3 Å². The lowest BCUT2D eigenvalue weighted by Crippen LogP contribution is -2.22. The van der Waals surface area contributed by atoms with Gasteiger partial charge in [0.25, 0.3) is 0 Å². The van der Waals surface area contributed by atoms with Gasteiger partial charge < -0.3 is 14.6 Å². The highest BCUT2D eigenvalue weighted by molar-refractivity contribution is 5.59. The number of carbonyl (C=O) groups is 1. The largest absolute Gasteiger partial charge is 0.508 e. The molecule has 0 spiro atoms. The Morgan fingerprint density at radius 2 is 2.11 bits per heavy atom. The number of rotatable bonds is 8. The van der Waals surface area contributed by atoms with Crippen molar-refractivity contribution in [3.05, 3.63) is 24.3 Å². The van der Waals surface area contributed by atoms with Gasteiger partial charge in [-0.3, -0.25) is 0 Å². The minimum absolute atomic E-state index is 0.225. The molecule has 0 rings (SSSR count). The molecule has 104 valence electrons. The molecule has 0 aromatic heterocycles. The fourth-order valence-corrected chi connectivity index (χ4v) is 1.43. The van der Waals surface area contributed by atoms with E-state index in [-0.39, 0.29) is 6.61 Å². The first-order valence-corrected chi connectivity index (χ1v) is 6.19. The number of allylic oxidation sites excluding steroid dienone is 1. The molecular weight excluding hydrogens is 232 g/mol. The summed E-state index contributed by atoms with van der Waals surface area (Å²) in [7, 11) is 0. The van der Waals surface area contributed by atoms with Gasteiger partial charge in [-0.05, 0) is 45.6 Å². The predicted molar refractivity (Wildman–Crippen MR) is 71.4 cm³/mol. The molecule has 4 heteroatoms. The van der Waals surface area contributed by atoms with Crippen molar-refractivity contribution in [2.24, 2.45) is 0 Å². The standard InChI is InChI=1S/C14H24O4/c1-5-9-14(4,16)10-7-8-12(3)11-18-13(15)17-6-2/h5,8,16H,1,6-7,9-11H2,2-4H3/b12-8+. The van der Waals surface area contributed by atoms with Gasteiger partial charge in [0.15, 0.2) is 0 Å². The first kappa shape index (κ1) is 16.7. The van der Waals surface area contributed by atoms with E-state index >= 15 is 0 Å². The summed E-state index contributed by atoms with van der Waals surface area (Å²) in [5, 5.41) is 9.91. The molecule has 1 unspecified atom stereocenters. The van der Waals surface area contributed by atoms with E-state index in [0.717, 1.165) is 12.0 Å². The van der Waals surface area contributed by atoms with Crippen LogP contribution < -0.4 is 0 Å². The van der Waals surface area contributed by atoms with Crippen LogP contribution in [0.15, 0.2) is 24.3 Å². The minimum atomic E-state index is -0.722. The summed E-state index contributed by atoms with van der Waals surface area (Å²) in [6.45, 7) is 9.53. The summed E-state index contributed by atoms with van der Waals surface area (Å²) < 4.78 is 9.51. The molecule has 0 saturated carbocycles. The van der Waals surface area contributed by atoms with Crippen LogP contribution in [-0.2, 0) is 9.47 Å². The van der Waals surface area contributed by atoms with Crippen molar-refractivity contribution >= 4 is 6.16 Å². The number of aliphatic hydroxyl groups is 1. The fraction of sp³-hybridized carbons (Fsp3) is 0.643. The monoisotopic (exact) mass is 256 g/mol. The normalized spacial score (nSPS) is 14.8. The number of carbonyl (C=O) groups excluding carboxylic acids is 1. The molecular formula is C14H24O4. The van der Waals surface area contributed by atoms with E-state index in [0.29, 0.717) is 19.4 Å². The average Bonchev–Trinajstić information content (AvgIpc) is 2.26. The van der Waals surface area contributed by atoms with Crippen LogP contribution in [-0.4, -0.2) is 30.1 Å². The van der Waals surface area contributed by atoms with Crippen molar-refractivity contribution in [1.82, 2.24) is 0 Å². The van der Waals surface area contributed by atoms with Crippen LogP contribution in [0.2, 0.25) is 0 Å². The van der Waals surface area contributed by atoms with Gasteiger partial charge in [0.05, 0.1) is 12.2 Å². The lowest BCUT2D eigenvalue weighted by molar-refractivity contribution is 0.0545. The van der Waals surface area contributed by atoms with E-state index < -0.39 is 11.8 Å². The highest BCUT2D eigenvalue weighted by atomic mass is 16.7. The minimum Gasteiger partial charge on any atom is -0.435 e. The molecule has 1 atom stereocenters. The summed E-state index contributed by atoms with van der Waals surface area (Å²) in [4.78, 5) is 10.9. The molecule has 0 aliphatic rings. The van der Waals surface area contributed by atoms with Gasteiger partial charge in [-0.15, -0.1) is 6.58 Å². The Morgan fingerprint density at radius 1 is 1.44 bits per heavy atom. The smallest absolute Gasteiger partial charge is 0.435 e. The van der Waals surface area contributed by atoms with Crippen LogP contribution in [0, 0.1) is 0 Å². The van der Waals surface area contributed by atoms with E-state index in [4.69, 9.17) is 4.74 Å². The number of ether oxygens (including phenoxy) is 2. The molecule has 0 heterocycles. The van der Waals surface area contributed by atoms with Gasteiger partial charge in [-0.25, -0.2) is 4.79 Å². The van der Waals surface area contributed by atoms with Gasteiger partial charge in [0.1, 0.15) is 6.61 Å². The molecule has 0 aromatic carbocycles. The molecule has 0 radical (unpaired) electrons. The summed E-state index contributed by atoms with van der Waals surface area (Å²) >= 11 is 0. The molecule has 0 saturated heterocycles. The first-order chi connectivity index (χ1) is 8.41. The third-order valence-electron chi connectivity index (χ3n) is 2.44. The van der Waals surface area contributed by atoms with Crippen molar-refractivity contribution in [3.63, 3.8) is 0 Å². The molecule has 0 bridgehead atoms. The number of hydrogen-bond acceptors (Lipinski definition) is 4. The highest BCUT2D eigenvalue weighted by Crippen LogP contribution is 2.17. The predicted octanol–water partition coefficient (Wildman–Crippen LogP) is 3.21. The Kier molecular flexibility index (Phi) is 8.12. The van der Waals surface area contributed by atoms with E-state index in [1.54, 1.807) is 19.9 Å². The molecule has 1 N–H and O–H groups in total. The van der Waals surface area contributed by atoms with Crippen LogP contribution in [0.25, 0.3) is 0 Å². The summed E-state index contributed by atoms with van der Waals surface area (Å²) in [5.41, 5.74) is 0.220. The number of hydrogen-bond donors (Lipinski definition) is 1. The average molecular weight is 256 g/mol. The fourth-order valence-electron chi connectivity index (χ4n) is 1.43. The van der Waals surface area contributed by atoms with Gasteiger partial charge in [-0.1, -0.05) is 12.2 Å². The van der Waals surface area contributed by atoms with Crippen LogP contribution in [0.5, 0.6) is 0 Å². The van der Waals surface area contributed by atoms with Crippen LogP contribution in [0.4, 0.5) is 4.79 Å².